The van der Waals surface area contributed by atoms with Crippen LogP contribution in [0.2, 0.25) is 0 Å². The molecule has 0 aliphatic carbocycles. The van der Waals surface area contributed by atoms with Crippen molar-refractivity contribution < 1.29 is 14.7 Å². The molecule has 22 heavy (non-hydrogen) atoms. The van der Waals surface area contributed by atoms with Gasteiger partial charge in [0.25, 0.3) is 0 Å². The lowest BCUT2D eigenvalue weighted by molar-refractivity contribution is -0.142. The van der Waals surface area contributed by atoms with Crippen molar-refractivity contribution in [1.29, 1.82) is 0 Å². The maximum Gasteiger partial charge on any atom is 0.326 e. The van der Waals surface area contributed by atoms with Crippen LogP contribution < -0.4 is 5.32 Å². The molecule has 0 spiro atoms. The van der Waals surface area contributed by atoms with Crippen molar-refractivity contribution in [2.24, 2.45) is 5.92 Å². The van der Waals surface area contributed by atoms with Crippen LogP contribution in [0, 0.1) is 12.8 Å². The van der Waals surface area contributed by atoms with Gasteiger partial charge in [-0.05, 0) is 36.5 Å². The van der Waals surface area contributed by atoms with Gasteiger partial charge in [-0.25, -0.2) is 4.79 Å². The summed E-state index contributed by atoms with van der Waals surface area (Å²) in [5, 5.41) is 12.8. The Labute approximate surface area is 129 Å². The first kappa shape index (κ1) is 16.1. The number of amides is 1. The van der Waals surface area contributed by atoms with Crippen LogP contribution in [0.3, 0.4) is 0 Å². The number of hydrogen-bond donors (Lipinski definition) is 3. The minimum absolute atomic E-state index is 0.173. The molecule has 1 amide bonds. The van der Waals surface area contributed by atoms with Gasteiger partial charge in [0, 0.05) is 17.1 Å². The summed E-state index contributed by atoms with van der Waals surface area (Å²) in [7, 11) is 0. The fourth-order valence-corrected chi connectivity index (χ4v) is 2.70. The number of rotatable bonds is 6. The minimum Gasteiger partial charge on any atom is -0.480 e. The van der Waals surface area contributed by atoms with Gasteiger partial charge < -0.3 is 15.4 Å². The normalized spacial score (nSPS) is 12.5. The van der Waals surface area contributed by atoms with Gasteiger partial charge in [-0.3, -0.25) is 4.79 Å². The monoisotopic (exact) mass is 302 g/mol. The van der Waals surface area contributed by atoms with E-state index in [1.165, 1.54) is 0 Å². The second-order valence-electron chi connectivity index (χ2n) is 6.08. The number of nitrogens with one attached hydrogen (secondary N) is 2. The van der Waals surface area contributed by atoms with Crippen LogP contribution in [-0.4, -0.2) is 28.0 Å². The molecule has 0 aliphatic heterocycles. The van der Waals surface area contributed by atoms with Crippen molar-refractivity contribution in [2.45, 2.75) is 39.7 Å². The molecule has 1 heterocycles. The van der Waals surface area contributed by atoms with Gasteiger partial charge in [-0.2, -0.15) is 0 Å². The molecule has 1 aromatic carbocycles. The second kappa shape index (κ2) is 6.64. The largest absolute Gasteiger partial charge is 0.480 e. The Kier molecular flexibility index (Phi) is 4.85. The lowest BCUT2D eigenvalue weighted by Crippen LogP contribution is -2.42. The Balaban J connectivity index is 2.12. The molecule has 1 atom stereocenters. The topological polar surface area (TPSA) is 82.2 Å². The average Bonchev–Trinajstić information content (AvgIpc) is 2.82. The van der Waals surface area contributed by atoms with Crippen LogP contribution in [0.25, 0.3) is 10.9 Å². The summed E-state index contributed by atoms with van der Waals surface area (Å²) in [5.41, 5.74) is 2.97. The number of carboxylic acids is 1. The zero-order valence-electron chi connectivity index (χ0n) is 13.1. The molecule has 5 nitrogen and oxygen atoms in total. The van der Waals surface area contributed by atoms with E-state index in [0.717, 1.165) is 22.0 Å². The summed E-state index contributed by atoms with van der Waals surface area (Å²) in [4.78, 5) is 26.5. The van der Waals surface area contributed by atoms with Crippen LogP contribution in [-0.2, 0) is 16.0 Å². The van der Waals surface area contributed by atoms with E-state index in [9.17, 15) is 14.7 Å². The maximum absolute atomic E-state index is 12.2. The van der Waals surface area contributed by atoms with Gasteiger partial charge in [-0.1, -0.05) is 26.0 Å². The Morgan fingerprint density at radius 2 is 2.05 bits per heavy atom. The number of H-pyrrole nitrogens is 1. The third-order valence-corrected chi connectivity index (χ3v) is 3.69. The number of aromatic nitrogens is 1. The second-order valence-corrected chi connectivity index (χ2v) is 6.08. The van der Waals surface area contributed by atoms with E-state index >= 15 is 0 Å². The predicted octanol–water partition coefficient (Wildman–Crippen LogP) is 2.63. The van der Waals surface area contributed by atoms with Crippen LogP contribution >= 0.6 is 0 Å². The average molecular weight is 302 g/mol. The highest BCUT2D eigenvalue weighted by Gasteiger charge is 2.21. The lowest BCUT2D eigenvalue weighted by atomic mass is 10.0. The smallest absolute Gasteiger partial charge is 0.326 e. The van der Waals surface area contributed by atoms with E-state index < -0.39 is 12.0 Å². The summed E-state index contributed by atoms with van der Waals surface area (Å²) in [6.07, 6.45) is 2.41. The van der Waals surface area contributed by atoms with Crippen molar-refractivity contribution in [3.63, 3.8) is 0 Å². The zero-order chi connectivity index (χ0) is 16.3. The molecule has 0 saturated heterocycles. The molecule has 0 aliphatic rings. The van der Waals surface area contributed by atoms with Gasteiger partial charge in [0.1, 0.15) is 6.04 Å². The van der Waals surface area contributed by atoms with Crippen LogP contribution in [0.5, 0.6) is 0 Å². The fourth-order valence-electron chi connectivity index (χ4n) is 2.70. The van der Waals surface area contributed by atoms with Crippen molar-refractivity contribution in [3.8, 4) is 0 Å². The molecule has 0 radical (unpaired) electrons. The summed E-state index contributed by atoms with van der Waals surface area (Å²) in [5.74, 6) is -1.05. The van der Waals surface area contributed by atoms with Crippen LogP contribution in [0.4, 0.5) is 0 Å². The molecule has 3 N–H and O–H groups in total. The van der Waals surface area contributed by atoms with Crippen molar-refractivity contribution in [1.82, 2.24) is 10.3 Å². The standard InChI is InChI=1S/C17H22N2O3/c1-10(2)7-14(17(21)22)19-15(20)8-12-9-18-13-6-4-5-11(3)16(12)13/h4-6,9-10,14,18H,7-8H2,1-3H3,(H,19,20)(H,21,22)/t14-/m1/s1. The zero-order valence-corrected chi connectivity index (χ0v) is 13.1. The van der Waals surface area contributed by atoms with E-state index in [1.807, 2.05) is 45.2 Å². The molecule has 1 aromatic heterocycles. The molecule has 118 valence electrons. The molecule has 2 aromatic rings. The number of hydrogen-bond acceptors (Lipinski definition) is 2. The summed E-state index contributed by atoms with van der Waals surface area (Å²) in [6.45, 7) is 5.87. The van der Waals surface area contributed by atoms with Crippen LogP contribution in [0.1, 0.15) is 31.4 Å². The molecule has 0 fully saturated rings. The molecule has 0 unspecified atom stereocenters. The Bertz CT molecular complexity index is 688. The Morgan fingerprint density at radius 3 is 2.68 bits per heavy atom. The summed E-state index contributed by atoms with van der Waals surface area (Å²) >= 11 is 0. The third kappa shape index (κ3) is 3.67. The number of carboxylic acid groups (broad SMARTS) is 1. The molecular weight excluding hydrogens is 280 g/mol. The molecule has 0 saturated carbocycles. The van der Waals surface area contributed by atoms with Gasteiger partial charge in [0.05, 0.1) is 6.42 Å². The molecular formula is C17H22N2O3. The van der Waals surface area contributed by atoms with E-state index in [1.54, 1.807) is 0 Å². The number of fused-ring (bicyclic) bond motifs is 1. The van der Waals surface area contributed by atoms with Crippen molar-refractivity contribution in [3.05, 3.63) is 35.5 Å². The number of aryl methyl sites for hydroxylation is 1. The summed E-state index contributed by atoms with van der Waals surface area (Å²) in [6, 6.07) is 5.08. The maximum atomic E-state index is 12.2. The first-order valence-electron chi connectivity index (χ1n) is 7.46. The third-order valence-electron chi connectivity index (χ3n) is 3.69. The molecule has 5 heteroatoms. The van der Waals surface area contributed by atoms with Crippen molar-refractivity contribution in [2.75, 3.05) is 0 Å². The summed E-state index contributed by atoms with van der Waals surface area (Å²) < 4.78 is 0. The van der Waals surface area contributed by atoms with Gasteiger partial charge in [0.2, 0.25) is 5.91 Å². The molecule has 2 rings (SSSR count). The Hall–Kier alpha value is -2.30. The fraction of sp³-hybridized carbons (Fsp3) is 0.412. The van der Waals surface area contributed by atoms with Gasteiger partial charge in [0.15, 0.2) is 0 Å². The van der Waals surface area contributed by atoms with E-state index in [4.69, 9.17) is 0 Å². The lowest BCUT2D eigenvalue weighted by Gasteiger charge is -2.16. The molecule has 0 bridgehead atoms. The SMILES string of the molecule is Cc1cccc2[nH]cc(CC(=O)N[C@H](CC(C)C)C(=O)O)c12. The number of benzene rings is 1. The predicted molar refractivity (Wildman–Crippen MR) is 85.8 cm³/mol. The number of carbonyl (C=O) groups is 2. The highest BCUT2D eigenvalue weighted by molar-refractivity contribution is 5.92. The van der Waals surface area contributed by atoms with Crippen LogP contribution in [0.15, 0.2) is 24.4 Å². The van der Waals surface area contributed by atoms with E-state index in [-0.39, 0.29) is 18.2 Å². The first-order chi connectivity index (χ1) is 10.4. The highest BCUT2D eigenvalue weighted by Crippen LogP contribution is 2.22. The quantitative estimate of drug-likeness (QED) is 0.767. The number of aliphatic carboxylic acids is 1. The minimum atomic E-state index is -0.989. The van der Waals surface area contributed by atoms with E-state index in [0.29, 0.717) is 6.42 Å². The van der Waals surface area contributed by atoms with Gasteiger partial charge >= 0.3 is 5.97 Å². The van der Waals surface area contributed by atoms with E-state index in [2.05, 4.69) is 10.3 Å². The van der Waals surface area contributed by atoms with Gasteiger partial charge in [-0.15, -0.1) is 0 Å². The Morgan fingerprint density at radius 1 is 1.32 bits per heavy atom. The van der Waals surface area contributed by atoms with Crippen molar-refractivity contribution >= 4 is 22.8 Å². The highest BCUT2D eigenvalue weighted by atomic mass is 16.4. The first-order valence-corrected chi connectivity index (χ1v) is 7.46. The number of aromatic amines is 1. The number of carbonyl (C=O) groups excluding carboxylic acids is 1.